The summed E-state index contributed by atoms with van der Waals surface area (Å²) >= 11 is 0. The number of rotatable bonds is 4. The predicted octanol–water partition coefficient (Wildman–Crippen LogP) is 6.83. The summed E-state index contributed by atoms with van der Waals surface area (Å²) in [7, 11) is 1.71. The van der Waals surface area contributed by atoms with Crippen LogP contribution in [0.4, 0.5) is 0 Å². The third-order valence-electron chi connectivity index (χ3n) is 5.73. The van der Waals surface area contributed by atoms with E-state index in [2.05, 4.69) is 96.4 Å². The first kappa shape index (κ1) is 17.6. The van der Waals surface area contributed by atoms with E-state index in [0.717, 1.165) is 12.3 Å². The molecule has 0 bridgehead atoms. The molecule has 1 heterocycles. The zero-order valence-electron chi connectivity index (χ0n) is 16.7. The molecule has 0 aliphatic carbocycles. The van der Waals surface area contributed by atoms with Crippen LogP contribution in [0.1, 0.15) is 11.1 Å². The van der Waals surface area contributed by atoms with E-state index in [1.807, 2.05) is 6.07 Å². The zero-order chi connectivity index (χ0) is 19.8. The Hall–Kier alpha value is -3.52. The molecule has 5 rings (SSSR count). The van der Waals surface area contributed by atoms with Gasteiger partial charge in [0.25, 0.3) is 0 Å². The third-order valence-corrected chi connectivity index (χ3v) is 5.73. The highest BCUT2D eigenvalue weighted by molar-refractivity contribution is 5.94. The molecule has 2 heteroatoms. The number of methoxy groups -OCH3 is 1. The second-order valence-electron chi connectivity index (χ2n) is 7.49. The molecule has 142 valence electrons. The summed E-state index contributed by atoms with van der Waals surface area (Å²) in [5.41, 5.74) is 6.43. The average molecular weight is 377 g/mol. The molecule has 5 aromatic rings. The average Bonchev–Trinajstić information content (AvgIpc) is 3.05. The maximum atomic E-state index is 5.38. The van der Waals surface area contributed by atoms with Gasteiger partial charge in [-0.05, 0) is 58.7 Å². The Kier molecular flexibility index (Phi) is 4.33. The number of aromatic nitrogens is 1. The second kappa shape index (κ2) is 7.14. The van der Waals surface area contributed by atoms with Crippen molar-refractivity contribution in [1.82, 2.24) is 4.57 Å². The lowest BCUT2D eigenvalue weighted by molar-refractivity contribution is 0.415. The number of aryl methyl sites for hydroxylation is 1. The number of ether oxygens (including phenoxy) is 1. The number of hydrogen-bond acceptors (Lipinski definition) is 1. The van der Waals surface area contributed by atoms with Crippen molar-refractivity contribution in [1.29, 1.82) is 0 Å². The van der Waals surface area contributed by atoms with Crippen LogP contribution >= 0.6 is 0 Å². The van der Waals surface area contributed by atoms with Crippen molar-refractivity contribution in [2.45, 2.75) is 13.5 Å². The molecule has 0 saturated heterocycles. The van der Waals surface area contributed by atoms with E-state index < -0.39 is 0 Å². The normalized spacial score (nSPS) is 11.2. The zero-order valence-corrected chi connectivity index (χ0v) is 16.7. The Labute approximate surface area is 171 Å². The highest BCUT2D eigenvalue weighted by atomic mass is 16.5. The summed E-state index contributed by atoms with van der Waals surface area (Å²) < 4.78 is 7.83. The molecule has 1 aromatic heterocycles. The molecule has 0 N–H and O–H groups in total. The standard InChI is InChI=1S/C27H23NO/c1-19-25-10-6-7-11-26(25)28(18-20-8-4-3-5-9-20)27(19)23-13-12-22-17-24(29-2)15-14-21(22)16-23/h3-17H,18H2,1-2H3. The van der Waals surface area contributed by atoms with Crippen LogP contribution < -0.4 is 4.74 Å². The lowest BCUT2D eigenvalue weighted by Crippen LogP contribution is -2.02. The molecule has 2 nitrogen and oxygen atoms in total. The number of benzene rings is 4. The van der Waals surface area contributed by atoms with Gasteiger partial charge in [0.15, 0.2) is 0 Å². The van der Waals surface area contributed by atoms with Crippen LogP contribution in [0, 0.1) is 6.92 Å². The predicted molar refractivity (Wildman–Crippen MR) is 122 cm³/mol. The summed E-state index contributed by atoms with van der Waals surface area (Å²) in [5, 5.41) is 3.73. The van der Waals surface area contributed by atoms with Crippen LogP contribution in [0.25, 0.3) is 32.9 Å². The first-order valence-electron chi connectivity index (χ1n) is 9.94. The van der Waals surface area contributed by atoms with Crippen molar-refractivity contribution < 1.29 is 4.74 Å². The van der Waals surface area contributed by atoms with Gasteiger partial charge in [-0.1, -0.05) is 66.7 Å². The summed E-state index contributed by atoms with van der Waals surface area (Å²) in [6.07, 6.45) is 0. The molecular formula is C27H23NO. The Morgan fingerprint density at radius 2 is 1.48 bits per heavy atom. The fourth-order valence-electron chi connectivity index (χ4n) is 4.28. The molecular weight excluding hydrogens is 354 g/mol. The van der Waals surface area contributed by atoms with Gasteiger partial charge in [0.2, 0.25) is 0 Å². The molecule has 0 radical (unpaired) electrons. The van der Waals surface area contributed by atoms with Gasteiger partial charge < -0.3 is 9.30 Å². The van der Waals surface area contributed by atoms with Crippen LogP contribution in [0.3, 0.4) is 0 Å². The lowest BCUT2D eigenvalue weighted by atomic mass is 10.0. The van der Waals surface area contributed by atoms with E-state index in [1.165, 1.54) is 44.1 Å². The number of para-hydroxylation sites is 1. The van der Waals surface area contributed by atoms with Crippen LogP contribution in [-0.2, 0) is 6.54 Å². The first-order chi connectivity index (χ1) is 14.2. The quantitative estimate of drug-likeness (QED) is 0.335. The fourth-order valence-corrected chi connectivity index (χ4v) is 4.28. The highest BCUT2D eigenvalue weighted by Gasteiger charge is 2.16. The molecule has 0 fully saturated rings. The first-order valence-corrected chi connectivity index (χ1v) is 9.94. The third kappa shape index (κ3) is 3.07. The Bertz CT molecular complexity index is 1310. The van der Waals surface area contributed by atoms with Gasteiger partial charge in [-0.25, -0.2) is 0 Å². The Balaban J connectivity index is 1.72. The minimum absolute atomic E-state index is 0.852. The molecule has 4 aromatic carbocycles. The molecule has 0 amide bonds. The highest BCUT2D eigenvalue weighted by Crippen LogP contribution is 2.35. The van der Waals surface area contributed by atoms with Crippen LogP contribution in [0.2, 0.25) is 0 Å². The van der Waals surface area contributed by atoms with E-state index in [-0.39, 0.29) is 0 Å². The van der Waals surface area contributed by atoms with E-state index in [0.29, 0.717) is 0 Å². The SMILES string of the molecule is COc1ccc2cc(-c3c(C)c4ccccc4n3Cc3ccccc3)ccc2c1. The maximum absolute atomic E-state index is 5.38. The minimum Gasteiger partial charge on any atom is -0.497 e. The van der Waals surface area contributed by atoms with Crippen LogP contribution in [0.15, 0.2) is 91.0 Å². The van der Waals surface area contributed by atoms with Gasteiger partial charge in [-0.15, -0.1) is 0 Å². The van der Waals surface area contributed by atoms with Gasteiger partial charge in [0.1, 0.15) is 5.75 Å². The Morgan fingerprint density at radius 1 is 0.759 bits per heavy atom. The van der Waals surface area contributed by atoms with E-state index in [4.69, 9.17) is 4.74 Å². The van der Waals surface area contributed by atoms with Gasteiger partial charge in [-0.2, -0.15) is 0 Å². The number of nitrogens with zero attached hydrogens (tertiary/aromatic N) is 1. The lowest BCUT2D eigenvalue weighted by Gasteiger charge is -2.13. The number of fused-ring (bicyclic) bond motifs is 2. The van der Waals surface area contributed by atoms with E-state index in [1.54, 1.807) is 7.11 Å². The number of hydrogen-bond donors (Lipinski definition) is 0. The van der Waals surface area contributed by atoms with Crippen molar-refractivity contribution in [3.63, 3.8) is 0 Å². The molecule has 0 spiro atoms. The summed E-state index contributed by atoms with van der Waals surface area (Å²) in [5.74, 6) is 0.889. The molecule has 29 heavy (non-hydrogen) atoms. The van der Waals surface area contributed by atoms with Gasteiger partial charge >= 0.3 is 0 Å². The molecule has 0 saturated carbocycles. The second-order valence-corrected chi connectivity index (χ2v) is 7.49. The summed E-state index contributed by atoms with van der Waals surface area (Å²) in [6, 6.07) is 32.3. The van der Waals surface area contributed by atoms with E-state index in [9.17, 15) is 0 Å². The minimum atomic E-state index is 0.852. The van der Waals surface area contributed by atoms with Crippen LogP contribution in [0.5, 0.6) is 5.75 Å². The Morgan fingerprint density at radius 3 is 2.31 bits per heavy atom. The van der Waals surface area contributed by atoms with Gasteiger partial charge in [0.05, 0.1) is 12.8 Å². The fraction of sp³-hybridized carbons (Fsp3) is 0.111. The molecule has 0 unspecified atom stereocenters. The molecule has 0 aliphatic heterocycles. The maximum Gasteiger partial charge on any atom is 0.119 e. The van der Waals surface area contributed by atoms with Gasteiger partial charge in [-0.3, -0.25) is 0 Å². The largest absolute Gasteiger partial charge is 0.497 e. The van der Waals surface area contributed by atoms with Crippen molar-refractivity contribution in [2.75, 3.05) is 7.11 Å². The summed E-state index contributed by atoms with van der Waals surface area (Å²) in [6.45, 7) is 3.09. The van der Waals surface area contributed by atoms with Gasteiger partial charge in [0, 0.05) is 17.4 Å². The topological polar surface area (TPSA) is 14.2 Å². The van der Waals surface area contributed by atoms with Crippen molar-refractivity contribution >= 4 is 21.7 Å². The van der Waals surface area contributed by atoms with Crippen molar-refractivity contribution in [3.8, 4) is 17.0 Å². The smallest absolute Gasteiger partial charge is 0.119 e. The monoisotopic (exact) mass is 377 g/mol. The van der Waals surface area contributed by atoms with E-state index >= 15 is 0 Å². The summed E-state index contributed by atoms with van der Waals surface area (Å²) in [4.78, 5) is 0. The molecule has 0 aliphatic rings. The van der Waals surface area contributed by atoms with Crippen LogP contribution in [-0.4, -0.2) is 11.7 Å². The van der Waals surface area contributed by atoms with Crippen molar-refractivity contribution in [2.24, 2.45) is 0 Å². The van der Waals surface area contributed by atoms with Crippen molar-refractivity contribution in [3.05, 3.63) is 102 Å². The molecule has 0 atom stereocenters.